The van der Waals surface area contributed by atoms with E-state index in [4.69, 9.17) is 10.5 Å². The molecule has 0 unspecified atom stereocenters. The Labute approximate surface area is 209 Å². The molecule has 196 valence electrons. The Hall–Kier alpha value is -1.48. The van der Waals surface area contributed by atoms with Crippen LogP contribution in [0.4, 0.5) is 4.79 Å². The molecule has 3 amide bonds. The molecule has 0 aromatic carbocycles. The summed E-state index contributed by atoms with van der Waals surface area (Å²) in [7, 11) is 0. The summed E-state index contributed by atoms with van der Waals surface area (Å²) in [5, 5.41) is 6.18. The molecule has 2 atom stereocenters. The zero-order valence-electron chi connectivity index (χ0n) is 21.9. The molecule has 1 saturated heterocycles. The fourth-order valence-corrected chi connectivity index (χ4v) is 6.35. The van der Waals surface area contributed by atoms with E-state index in [1.165, 1.54) is 0 Å². The van der Waals surface area contributed by atoms with Crippen LogP contribution in [0.2, 0.25) is 0 Å². The number of hydrogen-bond donors (Lipinski definition) is 3. The molecule has 1 aliphatic carbocycles. The molecule has 0 spiro atoms. The number of nitrogens with two attached hydrogens (primary N) is 1. The summed E-state index contributed by atoms with van der Waals surface area (Å²) in [5.41, 5.74) is 5.99. The fourth-order valence-electron chi connectivity index (χ4n) is 4.83. The van der Waals surface area contributed by atoms with Gasteiger partial charge in [-0.25, -0.2) is 4.79 Å². The SMILES string of the molecule is CC(C)COC(=O)N[C@@H](C(=O)N1CCC[C@H]1C(=O)NC[C@H]1CC[C@H](N)CC1)C(C)(C)SC(C)C. The number of amides is 3. The van der Waals surface area contributed by atoms with Crippen molar-refractivity contribution in [2.24, 2.45) is 17.6 Å². The lowest BCUT2D eigenvalue weighted by Crippen LogP contribution is -2.60. The Morgan fingerprint density at radius 1 is 1.09 bits per heavy atom. The number of rotatable bonds is 10. The largest absolute Gasteiger partial charge is 0.449 e. The Kier molecular flexibility index (Phi) is 11.0. The van der Waals surface area contributed by atoms with Crippen LogP contribution in [0.1, 0.15) is 80.1 Å². The average Bonchev–Trinajstić information content (AvgIpc) is 3.24. The number of carbonyl (C=O) groups excluding carboxylic acids is 3. The highest BCUT2D eigenvalue weighted by Gasteiger charge is 2.44. The highest BCUT2D eigenvalue weighted by Crippen LogP contribution is 2.34. The van der Waals surface area contributed by atoms with Gasteiger partial charge in [0.2, 0.25) is 11.8 Å². The van der Waals surface area contributed by atoms with Gasteiger partial charge in [0, 0.05) is 23.9 Å². The minimum atomic E-state index is -0.798. The summed E-state index contributed by atoms with van der Waals surface area (Å²) in [6.07, 6.45) is 4.86. The van der Waals surface area contributed by atoms with E-state index in [1.54, 1.807) is 16.7 Å². The van der Waals surface area contributed by atoms with Crippen molar-refractivity contribution in [3.63, 3.8) is 0 Å². The maximum atomic E-state index is 13.8. The smallest absolute Gasteiger partial charge is 0.407 e. The van der Waals surface area contributed by atoms with Gasteiger partial charge in [-0.3, -0.25) is 9.59 Å². The lowest BCUT2D eigenvalue weighted by atomic mass is 9.86. The summed E-state index contributed by atoms with van der Waals surface area (Å²) in [5.74, 6) is 0.322. The van der Waals surface area contributed by atoms with E-state index in [2.05, 4.69) is 24.5 Å². The van der Waals surface area contributed by atoms with Crippen molar-refractivity contribution < 1.29 is 19.1 Å². The lowest BCUT2D eigenvalue weighted by molar-refractivity contribution is -0.140. The second-order valence-corrected chi connectivity index (χ2v) is 13.3. The molecule has 1 heterocycles. The minimum absolute atomic E-state index is 0.101. The number of thioether (sulfide) groups is 1. The lowest BCUT2D eigenvalue weighted by Gasteiger charge is -2.38. The Bertz CT molecular complexity index is 692. The zero-order valence-corrected chi connectivity index (χ0v) is 22.7. The maximum Gasteiger partial charge on any atom is 0.407 e. The molecule has 4 N–H and O–H groups in total. The van der Waals surface area contributed by atoms with Crippen LogP contribution in [-0.2, 0) is 14.3 Å². The van der Waals surface area contributed by atoms with Crippen LogP contribution in [0.15, 0.2) is 0 Å². The molecule has 34 heavy (non-hydrogen) atoms. The quantitative estimate of drug-likeness (QED) is 0.426. The number of ether oxygens (including phenoxy) is 1. The Balaban J connectivity index is 2.08. The fraction of sp³-hybridized carbons (Fsp3) is 0.880. The van der Waals surface area contributed by atoms with Gasteiger partial charge >= 0.3 is 6.09 Å². The highest BCUT2D eigenvalue weighted by molar-refractivity contribution is 8.01. The van der Waals surface area contributed by atoms with Crippen LogP contribution in [-0.4, -0.2) is 70.6 Å². The molecule has 9 heteroatoms. The van der Waals surface area contributed by atoms with Crippen molar-refractivity contribution in [3.05, 3.63) is 0 Å². The molecule has 8 nitrogen and oxygen atoms in total. The molecule has 0 aromatic rings. The molecule has 1 aliphatic heterocycles. The summed E-state index contributed by atoms with van der Waals surface area (Å²) < 4.78 is 4.74. The first-order valence-electron chi connectivity index (χ1n) is 12.9. The van der Waals surface area contributed by atoms with Gasteiger partial charge < -0.3 is 26.0 Å². The van der Waals surface area contributed by atoms with Crippen LogP contribution in [0.25, 0.3) is 0 Å². The molecule has 1 saturated carbocycles. The van der Waals surface area contributed by atoms with Gasteiger partial charge in [0.05, 0.1) is 6.61 Å². The third-order valence-electron chi connectivity index (χ3n) is 6.59. The monoisotopic (exact) mass is 498 g/mol. The van der Waals surface area contributed by atoms with Gasteiger partial charge in [-0.05, 0) is 69.5 Å². The van der Waals surface area contributed by atoms with Crippen LogP contribution in [0, 0.1) is 11.8 Å². The van der Waals surface area contributed by atoms with Crippen LogP contribution in [0.3, 0.4) is 0 Å². The number of carbonyl (C=O) groups is 3. The van der Waals surface area contributed by atoms with Gasteiger partial charge in [0.25, 0.3) is 0 Å². The average molecular weight is 499 g/mol. The number of alkyl carbamates (subject to hydrolysis) is 1. The highest BCUT2D eigenvalue weighted by atomic mass is 32.2. The van der Waals surface area contributed by atoms with Crippen molar-refractivity contribution in [2.45, 2.75) is 108 Å². The van der Waals surface area contributed by atoms with Crippen molar-refractivity contribution in [1.82, 2.24) is 15.5 Å². The summed E-state index contributed by atoms with van der Waals surface area (Å²) in [6, 6.07) is -1.03. The number of nitrogens with one attached hydrogen (secondary N) is 2. The standard InChI is InChI=1S/C25H46N4O4S/c1-16(2)15-33-24(32)28-21(25(5,6)34-17(3)4)23(31)29-13-7-8-20(29)22(30)27-14-18-9-11-19(26)12-10-18/h16-21H,7-15,26H2,1-6H3,(H,27,30)(H,28,32)/t18-,19-,20-,21-/m0/s1. The molecule has 0 bridgehead atoms. The van der Waals surface area contributed by atoms with Gasteiger partial charge in [-0.2, -0.15) is 11.8 Å². The molecule has 0 aromatic heterocycles. The molecule has 2 rings (SSSR count). The van der Waals surface area contributed by atoms with E-state index in [1.807, 2.05) is 27.7 Å². The predicted octanol–water partition coefficient (Wildman–Crippen LogP) is 3.28. The van der Waals surface area contributed by atoms with Crippen LogP contribution in [0.5, 0.6) is 0 Å². The van der Waals surface area contributed by atoms with Gasteiger partial charge in [-0.1, -0.05) is 27.7 Å². The second kappa shape index (κ2) is 13.0. The first kappa shape index (κ1) is 28.8. The van der Waals surface area contributed by atoms with Crippen molar-refractivity contribution in [2.75, 3.05) is 19.7 Å². The van der Waals surface area contributed by atoms with E-state index in [0.717, 1.165) is 32.1 Å². The van der Waals surface area contributed by atoms with E-state index in [9.17, 15) is 14.4 Å². The van der Waals surface area contributed by atoms with Gasteiger partial charge in [-0.15, -0.1) is 0 Å². The van der Waals surface area contributed by atoms with Crippen LogP contribution < -0.4 is 16.4 Å². The number of nitrogens with zero attached hydrogens (tertiary/aromatic N) is 1. The molecule has 0 radical (unpaired) electrons. The third kappa shape index (κ3) is 8.63. The third-order valence-corrected chi connectivity index (χ3v) is 7.90. The summed E-state index contributed by atoms with van der Waals surface area (Å²) in [6.45, 7) is 13.4. The van der Waals surface area contributed by atoms with E-state index < -0.39 is 22.9 Å². The molecular formula is C25H46N4O4S. The Morgan fingerprint density at radius 2 is 1.74 bits per heavy atom. The topological polar surface area (TPSA) is 114 Å². The maximum absolute atomic E-state index is 13.8. The summed E-state index contributed by atoms with van der Waals surface area (Å²) >= 11 is 1.63. The van der Waals surface area contributed by atoms with Gasteiger partial charge in [0.15, 0.2) is 0 Å². The van der Waals surface area contributed by atoms with E-state index in [0.29, 0.717) is 25.4 Å². The van der Waals surface area contributed by atoms with Crippen LogP contribution >= 0.6 is 11.8 Å². The van der Waals surface area contributed by atoms with Crippen molar-refractivity contribution in [3.8, 4) is 0 Å². The number of likely N-dealkylation sites (tertiary alicyclic amines) is 1. The molecule has 2 fully saturated rings. The predicted molar refractivity (Wildman–Crippen MR) is 138 cm³/mol. The second-order valence-electron chi connectivity index (χ2n) is 11.1. The molecule has 2 aliphatic rings. The number of hydrogen-bond acceptors (Lipinski definition) is 6. The van der Waals surface area contributed by atoms with Crippen molar-refractivity contribution in [1.29, 1.82) is 0 Å². The summed E-state index contributed by atoms with van der Waals surface area (Å²) in [4.78, 5) is 41.0. The first-order valence-corrected chi connectivity index (χ1v) is 13.7. The normalized spacial score (nSPS) is 24.3. The zero-order chi connectivity index (χ0) is 25.5. The van der Waals surface area contributed by atoms with E-state index in [-0.39, 0.29) is 35.6 Å². The first-order chi connectivity index (χ1) is 15.9. The van der Waals surface area contributed by atoms with E-state index >= 15 is 0 Å². The van der Waals surface area contributed by atoms with Crippen molar-refractivity contribution >= 4 is 29.7 Å². The minimum Gasteiger partial charge on any atom is -0.449 e. The molecular weight excluding hydrogens is 452 g/mol. The van der Waals surface area contributed by atoms with Gasteiger partial charge in [0.1, 0.15) is 12.1 Å². The Morgan fingerprint density at radius 3 is 2.32 bits per heavy atom.